The van der Waals surface area contributed by atoms with Gasteiger partial charge in [0.2, 0.25) is 11.8 Å². The summed E-state index contributed by atoms with van der Waals surface area (Å²) in [7, 11) is 1.76. The van der Waals surface area contributed by atoms with Crippen LogP contribution in [0, 0.1) is 11.6 Å². The first-order valence-corrected chi connectivity index (χ1v) is 15.1. The second-order valence-corrected chi connectivity index (χ2v) is 11.5. The number of likely N-dealkylation sites (N-methyl/N-ethyl adjacent to an activating group) is 1. The van der Waals surface area contributed by atoms with Crippen molar-refractivity contribution in [3.63, 3.8) is 0 Å². The number of hydrogen-bond donors (Lipinski definition) is 1. The van der Waals surface area contributed by atoms with Gasteiger partial charge < -0.3 is 20.0 Å². The highest BCUT2D eigenvalue weighted by Crippen LogP contribution is 2.34. The minimum absolute atomic E-state index is 0.0444. The molecular formula is C33H31F2N9O2. The molecule has 2 aromatic carbocycles. The molecule has 13 heteroatoms. The molecule has 2 amide bonds. The molecule has 2 aliphatic heterocycles. The molecule has 0 unspecified atom stereocenters. The minimum atomic E-state index is -0.779. The Kier molecular flexibility index (Phi) is 7.51. The molecule has 234 valence electrons. The van der Waals surface area contributed by atoms with Crippen LogP contribution in [0.5, 0.6) is 0 Å². The van der Waals surface area contributed by atoms with Crippen molar-refractivity contribution in [1.29, 1.82) is 0 Å². The summed E-state index contributed by atoms with van der Waals surface area (Å²) in [5.74, 6) is -0.555. The Balaban J connectivity index is 1.28. The molecule has 3 aromatic heterocycles. The summed E-state index contributed by atoms with van der Waals surface area (Å²) >= 11 is 0. The molecule has 1 N–H and O–H groups in total. The number of nitrogens with one attached hydrogen (secondary N) is 1. The van der Waals surface area contributed by atoms with Gasteiger partial charge in [0, 0.05) is 51.3 Å². The number of carbonyl (C=O) groups excluding carboxylic acids is 2. The minimum Gasteiger partial charge on any atom is -0.365 e. The van der Waals surface area contributed by atoms with Gasteiger partial charge >= 0.3 is 0 Å². The van der Waals surface area contributed by atoms with E-state index in [1.54, 1.807) is 16.8 Å². The summed E-state index contributed by atoms with van der Waals surface area (Å²) < 4.78 is 29.7. The van der Waals surface area contributed by atoms with Crippen LogP contribution in [0.3, 0.4) is 0 Å². The monoisotopic (exact) mass is 623 g/mol. The number of nitrogens with zero attached hydrogens (tertiary/aromatic N) is 8. The zero-order valence-corrected chi connectivity index (χ0v) is 25.3. The second-order valence-electron chi connectivity index (χ2n) is 11.5. The number of benzene rings is 2. The van der Waals surface area contributed by atoms with Crippen LogP contribution in [-0.4, -0.2) is 80.2 Å². The van der Waals surface area contributed by atoms with Crippen LogP contribution in [-0.2, 0) is 9.59 Å². The van der Waals surface area contributed by atoms with Gasteiger partial charge in [0.25, 0.3) is 0 Å². The number of amides is 2. The third-order valence-electron chi connectivity index (χ3n) is 8.54. The molecule has 2 atom stereocenters. The highest BCUT2D eigenvalue weighted by atomic mass is 19.1. The van der Waals surface area contributed by atoms with Gasteiger partial charge in [0.1, 0.15) is 35.5 Å². The average molecular weight is 624 g/mol. The van der Waals surface area contributed by atoms with E-state index < -0.39 is 17.7 Å². The fourth-order valence-electron chi connectivity index (χ4n) is 6.38. The molecule has 1 saturated heterocycles. The maximum atomic E-state index is 14.7. The van der Waals surface area contributed by atoms with Crippen LogP contribution in [0.4, 0.5) is 26.1 Å². The van der Waals surface area contributed by atoms with Crippen LogP contribution in [0.1, 0.15) is 19.8 Å². The van der Waals surface area contributed by atoms with Crippen molar-refractivity contribution in [3.8, 4) is 16.9 Å². The van der Waals surface area contributed by atoms with Crippen molar-refractivity contribution in [2.75, 3.05) is 41.8 Å². The molecule has 5 aromatic rings. The van der Waals surface area contributed by atoms with Gasteiger partial charge in [-0.05, 0) is 43.2 Å². The van der Waals surface area contributed by atoms with E-state index in [9.17, 15) is 18.4 Å². The molecule has 1 fully saturated rings. The maximum Gasteiger partial charge on any atom is 0.245 e. The molecule has 0 saturated carbocycles. The predicted molar refractivity (Wildman–Crippen MR) is 170 cm³/mol. The van der Waals surface area contributed by atoms with Crippen molar-refractivity contribution in [2.24, 2.45) is 0 Å². The van der Waals surface area contributed by atoms with Gasteiger partial charge in [-0.25, -0.2) is 28.4 Å². The Bertz CT molecular complexity index is 1970. The summed E-state index contributed by atoms with van der Waals surface area (Å²) in [5, 5.41) is 8.40. The third kappa shape index (κ3) is 5.27. The number of fused-ring (bicyclic) bond motifs is 7. The van der Waals surface area contributed by atoms with Crippen molar-refractivity contribution < 1.29 is 18.4 Å². The standard InChI is InChI=1S/C33H31F2N9O2/c1-20(45)42-14-6-13-41(2)33(46)29-16-22(39-30-10-5-8-26(40-30)23-7-3-4-9-27(23)42)18-43(29)31-24-17-38-44(32(24)37-19-36-31)28-12-11-21(34)15-25(28)35/h3-5,7-12,15,17,19,22,29H,6,13-14,16,18H2,1-2H3,(H,39,40)/t22-,29-/m0/s1. The van der Waals surface area contributed by atoms with Crippen LogP contribution in [0.25, 0.3) is 28.0 Å². The summed E-state index contributed by atoms with van der Waals surface area (Å²) in [6.45, 7) is 2.81. The second kappa shape index (κ2) is 11.8. The first-order valence-electron chi connectivity index (χ1n) is 15.1. The zero-order chi connectivity index (χ0) is 31.9. The number of aromatic nitrogens is 5. The Morgan fingerprint density at radius 1 is 1.00 bits per heavy atom. The van der Waals surface area contributed by atoms with E-state index in [-0.39, 0.29) is 23.5 Å². The van der Waals surface area contributed by atoms with Gasteiger partial charge in [-0.1, -0.05) is 24.3 Å². The van der Waals surface area contributed by atoms with Crippen LogP contribution in [0.15, 0.2) is 73.2 Å². The van der Waals surface area contributed by atoms with E-state index >= 15 is 0 Å². The Labute approximate surface area is 263 Å². The number of rotatable bonds is 2. The van der Waals surface area contributed by atoms with E-state index in [4.69, 9.17) is 4.98 Å². The highest BCUT2D eigenvalue weighted by molar-refractivity contribution is 5.96. The van der Waals surface area contributed by atoms with Crippen LogP contribution >= 0.6 is 0 Å². The van der Waals surface area contributed by atoms with E-state index in [0.29, 0.717) is 55.1 Å². The molecule has 0 radical (unpaired) electrons. The molecule has 7 rings (SSSR count). The average Bonchev–Trinajstić information content (AvgIpc) is 3.67. The molecule has 5 heterocycles. The van der Waals surface area contributed by atoms with Gasteiger partial charge in [-0.2, -0.15) is 5.10 Å². The normalized spacial score (nSPS) is 18.6. The lowest BCUT2D eigenvalue weighted by atomic mass is 10.1. The van der Waals surface area contributed by atoms with Crippen LogP contribution < -0.4 is 15.1 Å². The van der Waals surface area contributed by atoms with E-state index in [1.807, 2.05) is 47.4 Å². The third-order valence-corrected chi connectivity index (χ3v) is 8.54. The van der Waals surface area contributed by atoms with Gasteiger partial charge in [0.05, 0.1) is 23.0 Å². The zero-order valence-electron chi connectivity index (χ0n) is 25.3. The first-order chi connectivity index (χ1) is 22.3. The number of para-hydroxylation sites is 1. The van der Waals surface area contributed by atoms with Crippen LogP contribution in [0.2, 0.25) is 0 Å². The largest absolute Gasteiger partial charge is 0.365 e. The lowest BCUT2D eigenvalue weighted by Crippen LogP contribution is -2.45. The predicted octanol–water partition coefficient (Wildman–Crippen LogP) is 4.43. The SMILES string of the molecule is CC(=O)N1CCCN(C)C(=O)[C@@H]2C[C@@H](CN2c2ncnc3c2cnn3-c2ccc(F)cc2F)Nc2cccc(n2)-c2ccccc21. The number of halogens is 2. The van der Waals surface area contributed by atoms with Crippen molar-refractivity contribution in [1.82, 2.24) is 29.6 Å². The van der Waals surface area contributed by atoms with E-state index in [1.165, 1.54) is 30.2 Å². The van der Waals surface area contributed by atoms with Crippen molar-refractivity contribution in [3.05, 3.63) is 84.8 Å². The summed E-state index contributed by atoms with van der Waals surface area (Å²) in [6.07, 6.45) is 3.92. The highest BCUT2D eigenvalue weighted by Gasteiger charge is 2.40. The number of hydrogen-bond acceptors (Lipinski definition) is 8. The fraction of sp³-hybridized carbons (Fsp3) is 0.273. The molecular weight excluding hydrogens is 592 g/mol. The quantitative estimate of drug-likeness (QED) is 0.308. The van der Waals surface area contributed by atoms with E-state index in [2.05, 4.69) is 20.4 Å². The lowest BCUT2D eigenvalue weighted by molar-refractivity contribution is -0.131. The van der Waals surface area contributed by atoms with Crippen molar-refractivity contribution >= 4 is 40.2 Å². The smallest absolute Gasteiger partial charge is 0.245 e. The molecule has 46 heavy (non-hydrogen) atoms. The molecule has 0 aliphatic carbocycles. The van der Waals surface area contributed by atoms with E-state index in [0.717, 1.165) is 29.1 Å². The van der Waals surface area contributed by atoms with Gasteiger partial charge in [0.15, 0.2) is 11.5 Å². The Morgan fingerprint density at radius 2 is 1.85 bits per heavy atom. The lowest BCUT2D eigenvalue weighted by Gasteiger charge is -2.30. The Hall–Kier alpha value is -5.46. The number of anilines is 3. The van der Waals surface area contributed by atoms with Crippen molar-refractivity contribution in [2.45, 2.75) is 31.8 Å². The number of carbonyl (C=O) groups is 2. The summed E-state index contributed by atoms with van der Waals surface area (Å²) in [4.78, 5) is 46.1. The first kappa shape index (κ1) is 29.3. The van der Waals surface area contributed by atoms with Gasteiger partial charge in [-0.3, -0.25) is 9.59 Å². The topological polar surface area (TPSA) is 112 Å². The molecule has 11 nitrogen and oxygen atoms in total. The fourth-order valence-corrected chi connectivity index (χ4v) is 6.38. The molecule has 4 bridgehead atoms. The Morgan fingerprint density at radius 3 is 2.67 bits per heavy atom. The number of pyridine rings is 1. The molecule has 0 spiro atoms. The maximum absolute atomic E-state index is 14.7. The van der Waals surface area contributed by atoms with Gasteiger partial charge in [-0.15, -0.1) is 0 Å². The summed E-state index contributed by atoms with van der Waals surface area (Å²) in [6, 6.07) is 15.9. The molecule has 2 aliphatic rings. The summed E-state index contributed by atoms with van der Waals surface area (Å²) in [5.41, 5.74) is 2.70.